The Hall–Kier alpha value is -3.60. The summed E-state index contributed by atoms with van der Waals surface area (Å²) < 4.78 is 10.6. The molecule has 0 unspecified atom stereocenters. The monoisotopic (exact) mass is 557 g/mol. The Bertz CT molecular complexity index is 1370. The zero-order valence-electron chi connectivity index (χ0n) is 21.5. The van der Waals surface area contributed by atoms with Crippen LogP contribution >= 0.6 is 23.2 Å². The zero-order chi connectivity index (χ0) is 27.6. The molecule has 200 valence electrons. The van der Waals surface area contributed by atoms with Crippen molar-refractivity contribution in [2.24, 2.45) is 10.7 Å². The Labute approximate surface area is 231 Å². The summed E-state index contributed by atoms with van der Waals surface area (Å²) in [6, 6.07) is 8.28. The molecular weight excluding hydrogens is 529 g/mol. The standard InChI is InChI=1S/C26H29Cl2N7O3/c1-26(2)13-35(10-9-32-26)19-8-5-14(12-31-19)25(36)34-24(30)15-6-7-16(33-23(15)29)20-21(27)17(37-3)11-18(38-4)22(20)28/h5-8,11-12,32H,9-10,13H2,1-4H3,(H2,29,33)(H2,30,34,36). The molecule has 5 N–H and O–H groups in total. The number of ether oxygens (including phenoxy) is 2. The summed E-state index contributed by atoms with van der Waals surface area (Å²) in [7, 11) is 2.96. The first-order valence-electron chi connectivity index (χ1n) is 11.8. The van der Waals surface area contributed by atoms with Gasteiger partial charge in [-0.3, -0.25) is 4.79 Å². The molecule has 0 saturated carbocycles. The number of pyridine rings is 2. The summed E-state index contributed by atoms with van der Waals surface area (Å²) in [5, 5.41) is 3.95. The van der Waals surface area contributed by atoms with Crippen molar-refractivity contribution in [3.63, 3.8) is 0 Å². The van der Waals surface area contributed by atoms with Crippen molar-refractivity contribution >= 4 is 46.6 Å². The van der Waals surface area contributed by atoms with Gasteiger partial charge in [0, 0.05) is 43.0 Å². The number of methoxy groups -OCH3 is 2. The number of piperazine rings is 1. The lowest BCUT2D eigenvalue weighted by Gasteiger charge is -2.39. The fraction of sp³-hybridized carbons (Fsp3) is 0.308. The van der Waals surface area contributed by atoms with Crippen LogP contribution in [-0.2, 0) is 0 Å². The predicted molar refractivity (Wildman–Crippen MR) is 151 cm³/mol. The number of nitrogen functional groups attached to an aromatic ring is 1. The number of carbonyl (C=O) groups excluding carboxylic acids is 1. The second kappa shape index (κ2) is 11.0. The van der Waals surface area contributed by atoms with E-state index in [1.807, 2.05) is 0 Å². The van der Waals surface area contributed by atoms with Crippen molar-refractivity contribution < 1.29 is 14.3 Å². The molecule has 1 saturated heterocycles. The van der Waals surface area contributed by atoms with E-state index in [4.69, 9.17) is 44.1 Å². The molecule has 1 aliphatic rings. The highest BCUT2D eigenvalue weighted by Gasteiger charge is 2.26. The third kappa shape index (κ3) is 5.62. The summed E-state index contributed by atoms with van der Waals surface area (Å²) in [5.41, 5.74) is 13.6. The third-order valence-corrected chi connectivity index (χ3v) is 6.89. The number of hydrogen-bond acceptors (Lipinski definition) is 8. The molecule has 0 spiro atoms. The topological polar surface area (TPSA) is 141 Å². The van der Waals surface area contributed by atoms with Crippen molar-refractivity contribution in [3.05, 3.63) is 57.7 Å². The van der Waals surface area contributed by atoms with Crippen molar-refractivity contribution in [3.8, 4) is 22.8 Å². The molecule has 10 nitrogen and oxygen atoms in total. The average molecular weight is 558 g/mol. The van der Waals surface area contributed by atoms with Gasteiger partial charge in [0.1, 0.15) is 29.0 Å². The Morgan fingerprint density at radius 1 is 1.13 bits per heavy atom. The van der Waals surface area contributed by atoms with Crippen LogP contribution in [0.15, 0.2) is 41.5 Å². The van der Waals surface area contributed by atoms with Crippen molar-refractivity contribution in [1.82, 2.24) is 15.3 Å². The summed E-state index contributed by atoms with van der Waals surface area (Å²) in [5.74, 6) is 0.928. The van der Waals surface area contributed by atoms with Crippen LogP contribution in [0.2, 0.25) is 10.0 Å². The van der Waals surface area contributed by atoms with Crippen LogP contribution in [0.25, 0.3) is 11.3 Å². The molecular formula is C26H29Cl2N7O3. The van der Waals surface area contributed by atoms with E-state index >= 15 is 0 Å². The number of carbonyl (C=O) groups is 1. The van der Waals surface area contributed by atoms with Gasteiger partial charge in [0.15, 0.2) is 0 Å². The van der Waals surface area contributed by atoms with E-state index in [1.54, 1.807) is 30.3 Å². The lowest BCUT2D eigenvalue weighted by molar-refractivity contribution is 0.100. The number of halogens is 2. The molecule has 3 aromatic rings. The largest absolute Gasteiger partial charge is 0.495 e. The molecule has 2 aromatic heterocycles. The number of rotatable bonds is 6. The lowest BCUT2D eigenvalue weighted by atomic mass is 10.0. The number of aromatic nitrogens is 2. The van der Waals surface area contributed by atoms with Crippen LogP contribution in [-0.4, -0.2) is 61.1 Å². The molecule has 0 radical (unpaired) electrons. The SMILES string of the molecule is COc1cc(OC)c(Cl)c(-c2ccc(C(N)=NC(=O)c3ccc(N4CCNC(C)(C)C4)nc3)c(N)n2)c1Cl. The van der Waals surface area contributed by atoms with E-state index in [0.29, 0.717) is 28.3 Å². The van der Waals surface area contributed by atoms with E-state index in [1.165, 1.54) is 20.4 Å². The van der Waals surface area contributed by atoms with Crippen LogP contribution in [0.1, 0.15) is 29.8 Å². The van der Waals surface area contributed by atoms with Crippen LogP contribution < -0.4 is 31.2 Å². The first-order valence-corrected chi connectivity index (χ1v) is 12.5. The van der Waals surface area contributed by atoms with Crippen molar-refractivity contribution in [2.45, 2.75) is 19.4 Å². The highest BCUT2D eigenvalue weighted by molar-refractivity contribution is 6.41. The van der Waals surface area contributed by atoms with E-state index in [-0.39, 0.29) is 32.8 Å². The predicted octanol–water partition coefficient (Wildman–Crippen LogP) is 3.78. The Balaban J connectivity index is 1.57. The number of anilines is 2. The fourth-order valence-corrected chi connectivity index (χ4v) is 4.91. The van der Waals surface area contributed by atoms with Crippen LogP contribution in [0.5, 0.6) is 11.5 Å². The summed E-state index contributed by atoms with van der Waals surface area (Å²) in [4.78, 5) is 27.8. The van der Waals surface area contributed by atoms with Crippen LogP contribution in [0.3, 0.4) is 0 Å². The fourth-order valence-electron chi connectivity index (χ4n) is 4.21. The summed E-state index contributed by atoms with van der Waals surface area (Å²) in [6.07, 6.45) is 1.49. The first kappa shape index (κ1) is 27.4. The van der Waals surface area contributed by atoms with Gasteiger partial charge in [-0.1, -0.05) is 23.2 Å². The summed E-state index contributed by atoms with van der Waals surface area (Å²) in [6.45, 7) is 6.76. The molecule has 0 bridgehead atoms. The molecule has 4 rings (SSSR count). The quantitative estimate of drug-likeness (QED) is 0.304. The molecule has 3 heterocycles. The van der Waals surface area contributed by atoms with Gasteiger partial charge < -0.3 is 31.2 Å². The minimum absolute atomic E-state index is 0.0218. The van der Waals surface area contributed by atoms with Crippen LogP contribution in [0.4, 0.5) is 11.6 Å². The Morgan fingerprint density at radius 3 is 2.37 bits per heavy atom. The van der Waals surface area contributed by atoms with E-state index in [0.717, 1.165) is 25.5 Å². The minimum atomic E-state index is -0.547. The number of amides is 1. The normalized spacial score (nSPS) is 15.3. The number of nitrogens with zero attached hydrogens (tertiary/aromatic N) is 4. The molecule has 12 heteroatoms. The zero-order valence-corrected chi connectivity index (χ0v) is 23.0. The van der Waals surface area contributed by atoms with Crippen molar-refractivity contribution in [2.75, 3.05) is 44.5 Å². The molecule has 1 aliphatic heterocycles. The number of amidine groups is 1. The second-order valence-corrected chi connectivity index (χ2v) is 10.1. The Kier molecular flexibility index (Phi) is 7.96. The van der Waals surface area contributed by atoms with Gasteiger partial charge in [0.05, 0.1) is 41.1 Å². The number of benzene rings is 1. The van der Waals surface area contributed by atoms with Gasteiger partial charge in [0.2, 0.25) is 0 Å². The Morgan fingerprint density at radius 2 is 1.82 bits per heavy atom. The third-order valence-electron chi connectivity index (χ3n) is 6.14. The number of nitrogens with two attached hydrogens (primary N) is 2. The van der Waals surface area contributed by atoms with Gasteiger partial charge in [-0.05, 0) is 38.1 Å². The maximum Gasteiger partial charge on any atom is 0.280 e. The average Bonchev–Trinajstić information content (AvgIpc) is 2.88. The smallest absolute Gasteiger partial charge is 0.280 e. The lowest BCUT2D eigenvalue weighted by Crippen LogP contribution is -2.57. The molecule has 0 atom stereocenters. The van der Waals surface area contributed by atoms with Gasteiger partial charge in [0.25, 0.3) is 5.91 Å². The van der Waals surface area contributed by atoms with E-state index in [2.05, 4.69) is 39.0 Å². The highest BCUT2D eigenvalue weighted by Crippen LogP contribution is 2.45. The molecule has 0 aliphatic carbocycles. The highest BCUT2D eigenvalue weighted by atomic mass is 35.5. The number of hydrogen-bond donors (Lipinski definition) is 3. The van der Waals surface area contributed by atoms with Gasteiger partial charge in [-0.15, -0.1) is 0 Å². The molecule has 38 heavy (non-hydrogen) atoms. The van der Waals surface area contributed by atoms with E-state index < -0.39 is 5.91 Å². The minimum Gasteiger partial charge on any atom is -0.495 e. The van der Waals surface area contributed by atoms with Gasteiger partial charge in [-0.25, -0.2) is 9.97 Å². The maximum atomic E-state index is 12.8. The number of aliphatic imine (C=N–C) groups is 1. The summed E-state index contributed by atoms with van der Waals surface area (Å²) >= 11 is 13.0. The molecule has 1 amide bonds. The maximum absolute atomic E-state index is 12.8. The molecule has 1 aromatic carbocycles. The number of nitrogens with one attached hydrogen (secondary N) is 1. The van der Waals surface area contributed by atoms with Crippen molar-refractivity contribution in [1.29, 1.82) is 0 Å². The first-order chi connectivity index (χ1) is 18.0. The molecule has 1 fully saturated rings. The van der Waals surface area contributed by atoms with Gasteiger partial charge in [-0.2, -0.15) is 4.99 Å². The second-order valence-electron chi connectivity index (χ2n) is 9.35. The van der Waals surface area contributed by atoms with E-state index in [9.17, 15) is 4.79 Å². The van der Waals surface area contributed by atoms with Crippen LogP contribution in [0, 0.1) is 0 Å². The van der Waals surface area contributed by atoms with Gasteiger partial charge >= 0.3 is 0 Å².